The molecule has 0 aliphatic carbocycles. The third kappa shape index (κ3) is 6.84. The van der Waals surface area contributed by atoms with Crippen molar-refractivity contribution in [3.8, 4) is 17.1 Å². The van der Waals surface area contributed by atoms with Crippen LogP contribution in [0.25, 0.3) is 17.1 Å². The SMILES string of the molecule is C1CNCNC1.C=NCS/C=C(\N=C)c1ccnc(-c2ccc(F)cc2O)n1. The molecule has 1 aromatic heterocycles. The Morgan fingerprint density at radius 2 is 2.07 bits per heavy atom. The molecule has 148 valence electrons. The van der Waals surface area contributed by atoms with Gasteiger partial charge in [-0.3, -0.25) is 9.98 Å². The van der Waals surface area contributed by atoms with E-state index < -0.39 is 5.82 Å². The topological polar surface area (TPSA) is 94.8 Å². The van der Waals surface area contributed by atoms with Crippen LogP contribution in [0, 0.1) is 5.82 Å². The van der Waals surface area contributed by atoms with Crippen LogP contribution >= 0.6 is 11.8 Å². The number of aromatic hydroxyl groups is 1. The number of benzene rings is 1. The minimum atomic E-state index is -0.529. The smallest absolute Gasteiger partial charge is 0.163 e. The van der Waals surface area contributed by atoms with E-state index in [-0.39, 0.29) is 11.6 Å². The number of nitrogens with zero attached hydrogens (tertiary/aromatic N) is 4. The average Bonchev–Trinajstić information content (AvgIpc) is 2.73. The van der Waals surface area contributed by atoms with Crippen LogP contribution in [0.2, 0.25) is 0 Å². The lowest BCUT2D eigenvalue weighted by atomic mass is 10.2. The number of thioether (sulfide) groups is 1. The van der Waals surface area contributed by atoms with Gasteiger partial charge in [0.1, 0.15) is 11.6 Å². The number of phenolic OH excluding ortho intramolecular Hbond substituents is 1. The lowest BCUT2D eigenvalue weighted by Gasteiger charge is -2.11. The highest BCUT2D eigenvalue weighted by atomic mass is 32.2. The van der Waals surface area contributed by atoms with E-state index in [2.05, 4.69) is 44.0 Å². The number of aromatic nitrogens is 2. The van der Waals surface area contributed by atoms with Gasteiger partial charge < -0.3 is 15.7 Å². The van der Waals surface area contributed by atoms with Gasteiger partial charge in [-0.15, -0.1) is 11.8 Å². The number of aliphatic imine (C=N–C) groups is 2. The number of halogens is 1. The first kappa shape index (κ1) is 21.7. The van der Waals surface area contributed by atoms with Crippen LogP contribution < -0.4 is 10.6 Å². The summed E-state index contributed by atoms with van der Waals surface area (Å²) < 4.78 is 13.0. The molecule has 2 aromatic rings. The molecule has 1 fully saturated rings. The Bertz CT molecular complexity index is 814. The van der Waals surface area contributed by atoms with E-state index >= 15 is 0 Å². The zero-order valence-corrected chi connectivity index (χ0v) is 16.3. The first-order chi connectivity index (χ1) is 13.7. The van der Waals surface area contributed by atoms with Gasteiger partial charge in [0.15, 0.2) is 5.82 Å². The van der Waals surface area contributed by atoms with Crippen LogP contribution in [0.5, 0.6) is 5.75 Å². The molecular weight excluding hydrogens is 379 g/mol. The van der Waals surface area contributed by atoms with Crippen LogP contribution in [0.3, 0.4) is 0 Å². The first-order valence-corrected chi connectivity index (χ1v) is 9.65. The van der Waals surface area contributed by atoms with Gasteiger partial charge in [-0.25, -0.2) is 14.4 Å². The summed E-state index contributed by atoms with van der Waals surface area (Å²) in [4.78, 5) is 16.1. The second kappa shape index (κ2) is 12.0. The van der Waals surface area contributed by atoms with Crippen LogP contribution in [0.4, 0.5) is 4.39 Å². The predicted molar refractivity (Wildman–Crippen MR) is 114 cm³/mol. The van der Waals surface area contributed by atoms with Crippen molar-refractivity contribution in [3.63, 3.8) is 0 Å². The van der Waals surface area contributed by atoms with Gasteiger partial charge in [0.05, 0.1) is 22.8 Å². The summed E-state index contributed by atoms with van der Waals surface area (Å²) in [6.45, 7) is 10.3. The predicted octanol–water partition coefficient (Wildman–Crippen LogP) is 2.91. The molecule has 3 N–H and O–H groups in total. The number of rotatable bonds is 6. The van der Waals surface area contributed by atoms with Gasteiger partial charge in [-0.05, 0) is 51.1 Å². The van der Waals surface area contributed by atoms with Crippen molar-refractivity contribution in [1.82, 2.24) is 20.6 Å². The molecule has 1 aromatic carbocycles. The zero-order valence-electron chi connectivity index (χ0n) is 15.4. The Labute approximate surface area is 167 Å². The average molecular weight is 402 g/mol. The molecule has 1 aliphatic heterocycles. The largest absolute Gasteiger partial charge is 0.507 e. The fraction of sp³-hybridized carbons (Fsp3) is 0.263. The molecule has 0 radical (unpaired) electrons. The van der Waals surface area contributed by atoms with Gasteiger partial charge in [0, 0.05) is 24.3 Å². The molecule has 1 saturated heterocycles. The summed E-state index contributed by atoms with van der Waals surface area (Å²) in [6.07, 6.45) is 2.82. The van der Waals surface area contributed by atoms with E-state index in [4.69, 9.17) is 0 Å². The highest BCUT2D eigenvalue weighted by Gasteiger charge is 2.10. The molecule has 28 heavy (non-hydrogen) atoms. The Kier molecular flexibility index (Phi) is 9.26. The van der Waals surface area contributed by atoms with Crippen molar-refractivity contribution >= 4 is 30.9 Å². The molecular formula is C19H23FN6OS. The van der Waals surface area contributed by atoms with Crippen molar-refractivity contribution in [2.75, 3.05) is 25.6 Å². The van der Waals surface area contributed by atoms with Crippen LogP contribution in [-0.4, -0.2) is 54.1 Å². The number of phenols is 1. The molecule has 0 saturated carbocycles. The molecule has 0 unspecified atom stereocenters. The third-order valence-corrected chi connectivity index (χ3v) is 4.33. The Morgan fingerprint density at radius 3 is 2.64 bits per heavy atom. The fourth-order valence-corrected chi connectivity index (χ4v) is 2.81. The highest BCUT2D eigenvalue weighted by molar-refractivity contribution is 8.02. The normalized spacial score (nSPS) is 14.0. The van der Waals surface area contributed by atoms with Gasteiger partial charge in [-0.2, -0.15) is 0 Å². The summed E-state index contributed by atoms with van der Waals surface area (Å²) in [5.74, 6) is 0.0188. The number of hydrogen-bond donors (Lipinski definition) is 3. The molecule has 9 heteroatoms. The number of hydrogen-bond acceptors (Lipinski definition) is 8. The molecule has 0 bridgehead atoms. The molecule has 0 spiro atoms. The molecule has 1 aliphatic rings. The first-order valence-electron chi connectivity index (χ1n) is 8.60. The second-order valence-corrected chi connectivity index (χ2v) is 6.47. The van der Waals surface area contributed by atoms with E-state index in [9.17, 15) is 9.50 Å². The third-order valence-electron chi connectivity index (χ3n) is 3.61. The van der Waals surface area contributed by atoms with Gasteiger partial charge in [0.2, 0.25) is 0 Å². The highest BCUT2D eigenvalue weighted by Crippen LogP contribution is 2.28. The van der Waals surface area contributed by atoms with Crippen LogP contribution in [0.1, 0.15) is 12.1 Å². The minimum Gasteiger partial charge on any atom is -0.507 e. The Hall–Kier alpha value is -2.62. The molecule has 0 atom stereocenters. The summed E-state index contributed by atoms with van der Waals surface area (Å²) in [5.41, 5.74) is 1.44. The Morgan fingerprint density at radius 1 is 1.29 bits per heavy atom. The summed E-state index contributed by atoms with van der Waals surface area (Å²) in [6, 6.07) is 5.34. The lowest BCUT2D eigenvalue weighted by Crippen LogP contribution is -2.37. The maximum absolute atomic E-state index is 13.0. The Balaban J connectivity index is 0.000000397. The summed E-state index contributed by atoms with van der Waals surface area (Å²) in [5, 5.41) is 17.9. The summed E-state index contributed by atoms with van der Waals surface area (Å²) >= 11 is 1.40. The molecule has 2 heterocycles. The van der Waals surface area contributed by atoms with Gasteiger partial charge in [0.25, 0.3) is 0 Å². The van der Waals surface area contributed by atoms with Gasteiger partial charge in [-0.1, -0.05) is 0 Å². The van der Waals surface area contributed by atoms with Crippen LogP contribution in [-0.2, 0) is 0 Å². The van der Waals surface area contributed by atoms with E-state index in [0.29, 0.717) is 22.8 Å². The fourth-order valence-electron chi connectivity index (χ4n) is 2.28. The zero-order chi connectivity index (χ0) is 20.2. The van der Waals surface area contributed by atoms with Crippen molar-refractivity contribution in [2.45, 2.75) is 6.42 Å². The van der Waals surface area contributed by atoms with Crippen LogP contribution in [0.15, 0.2) is 45.9 Å². The minimum absolute atomic E-state index is 0.223. The lowest BCUT2D eigenvalue weighted by molar-refractivity contribution is 0.470. The van der Waals surface area contributed by atoms with E-state index in [1.807, 2.05) is 0 Å². The molecule has 7 nitrogen and oxygen atoms in total. The van der Waals surface area contributed by atoms with Gasteiger partial charge >= 0.3 is 0 Å². The van der Waals surface area contributed by atoms with Crippen molar-refractivity contribution < 1.29 is 9.50 Å². The van der Waals surface area contributed by atoms with E-state index in [1.165, 1.54) is 49.6 Å². The monoisotopic (exact) mass is 402 g/mol. The number of nitrogens with one attached hydrogen (secondary N) is 2. The molecule has 0 amide bonds. The standard InChI is InChI=1S/C15H13FN4OS.C4H10N2/c1-17-9-22-8-13(18-2)12-5-6-19-15(20-12)11-4-3-10(16)7-14(11)21;1-2-5-4-6-3-1/h3-8,21H,1-2,9H2;5-6H,1-4H2/b13-8-;. The second-order valence-electron chi connectivity index (χ2n) is 5.64. The van der Waals surface area contributed by atoms with Crippen molar-refractivity contribution in [3.05, 3.63) is 47.4 Å². The van der Waals surface area contributed by atoms with E-state index in [0.717, 1.165) is 12.7 Å². The maximum Gasteiger partial charge on any atom is 0.163 e. The van der Waals surface area contributed by atoms with Crippen molar-refractivity contribution in [1.29, 1.82) is 0 Å². The van der Waals surface area contributed by atoms with E-state index in [1.54, 1.807) is 11.5 Å². The summed E-state index contributed by atoms with van der Waals surface area (Å²) in [7, 11) is 0. The quantitative estimate of drug-likeness (QED) is 0.508. The molecule has 3 rings (SSSR count). The van der Waals surface area contributed by atoms with Crippen molar-refractivity contribution in [2.24, 2.45) is 9.98 Å². The maximum atomic E-state index is 13.0.